The van der Waals surface area contributed by atoms with Crippen LogP contribution in [0.3, 0.4) is 0 Å². The number of carbonyl (C=O) groups is 1. The summed E-state index contributed by atoms with van der Waals surface area (Å²) in [5.74, 6) is 0.749. The molecule has 1 N–H and O–H groups in total. The zero-order chi connectivity index (χ0) is 12.3. The molecule has 2 saturated carbocycles. The first-order valence-electron chi connectivity index (χ1n) is 6.46. The van der Waals surface area contributed by atoms with Gasteiger partial charge in [0.1, 0.15) is 5.78 Å². The van der Waals surface area contributed by atoms with Crippen LogP contribution in [0.2, 0.25) is 0 Å². The van der Waals surface area contributed by atoms with E-state index in [1.807, 2.05) is 13.8 Å². The van der Waals surface area contributed by atoms with Crippen LogP contribution < -0.4 is 0 Å². The molecule has 0 radical (unpaired) electrons. The maximum absolute atomic E-state index is 12.5. The lowest BCUT2D eigenvalue weighted by atomic mass is 9.70. The molecule has 0 aromatic rings. The highest BCUT2D eigenvalue weighted by atomic mass is 16.3. The fourth-order valence-corrected chi connectivity index (χ4v) is 3.96. The second-order valence-corrected chi connectivity index (χ2v) is 6.82. The van der Waals surface area contributed by atoms with Crippen molar-refractivity contribution < 1.29 is 9.90 Å². The molecule has 2 rings (SSSR count). The average Bonchev–Trinajstić information content (AvgIpc) is 2.48. The number of carbonyl (C=O) groups excluding carboxylic acids is 1. The molecule has 2 aliphatic carbocycles. The minimum absolute atomic E-state index is 0.0601. The van der Waals surface area contributed by atoms with Gasteiger partial charge in [-0.15, -0.1) is 0 Å². The molecule has 0 saturated heterocycles. The van der Waals surface area contributed by atoms with Crippen LogP contribution in [0.15, 0.2) is 0 Å². The third kappa shape index (κ3) is 1.20. The van der Waals surface area contributed by atoms with Crippen molar-refractivity contribution in [1.29, 1.82) is 0 Å². The van der Waals surface area contributed by atoms with Crippen LogP contribution in [0.5, 0.6) is 0 Å². The predicted octanol–water partition coefficient (Wildman–Crippen LogP) is 2.64. The summed E-state index contributed by atoms with van der Waals surface area (Å²) in [6.45, 7) is 10.5. The van der Waals surface area contributed by atoms with E-state index < -0.39 is 6.10 Å². The normalized spacial score (nSPS) is 43.1. The van der Waals surface area contributed by atoms with Gasteiger partial charge in [-0.1, -0.05) is 34.6 Å². The van der Waals surface area contributed by atoms with Crippen molar-refractivity contribution in [3.05, 3.63) is 0 Å². The van der Waals surface area contributed by atoms with Crippen molar-refractivity contribution >= 4 is 5.78 Å². The lowest BCUT2D eigenvalue weighted by Crippen LogP contribution is -2.39. The number of fused-ring (bicyclic) bond motifs is 2. The summed E-state index contributed by atoms with van der Waals surface area (Å²) in [5.41, 5.74) is -0.136. The first-order chi connectivity index (χ1) is 7.23. The zero-order valence-corrected chi connectivity index (χ0v) is 11.1. The standard InChI is InChI=1S/C14H24O2/c1-8(2)11(15)10-9-6-7-14(5,12(10)16)13(9,3)4/h8-11,15H,6-7H2,1-5H3. The summed E-state index contributed by atoms with van der Waals surface area (Å²) in [7, 11) is 0. The molecule has 4 atom stereocenters. The first-order valence-corrected chi connectivity index (χ1v) is 6.46. The smallest absolute Gasteiger partial charge is 0.145 e. The van der Waals surface area contributed by atoms with Crippen LogP contribution in [-0.4, -0.2) is 17.0 Å². The van der Waals surface area contributed by atoms with Gasteiger partial charge in [0.05, 0.1) is 6.10 Å². The van der Waals surface area contributed by atoms with Gasteiger partial charge < -0.3 is 5.11 Å². The fourth-order valence-electron chi connectivity index (χ4n) is 3.96. The molecule has 0 aromatic carbocycles. The van der Waals surface area contributed by atoms with E-state index >= 15 is 0 Å². The first kappa shape index (κ1) is 12.1. The summed E-state index contributed by atoms with van der Waals surface area (Å²) < 4.78 is 0. The number of Topliss-reactive ketones (excluding diaryl/α,β-unsaturated/α-hetero) is 1. The van der Waals surface area contributed by atoms with Crippen LogP contribution in [0.25, 0.3) is 0 Å². The van der Waals surface area contributed by atoms with E-state index in [0.29, 0.717) is 11.7 Å². The van der Waals surface area contributed by atoms with E-state index in [0.717, 1.165) is 12.8 Å². The van der Waals surface area contributed by atoms with Crippen molar-refractivity contribution in [1.82, 2.24) is 0 Å². The molecule has 2 nitrogen and oxygen atoms in total. The van der Waals surface area contributed by atoms with Crippen molar-refractivity contribution in [2.45, 2.75) is 53.6 Å². The minimum Gasteiger partial charge on any atom is -0.392 e. The van der Waals surface area contributed by atoms with Crippen molar-refractivity contribution in [2.24, 2.45) is 28.6 Å². The van der Waals surface area contributed by atoms with Crippen LogP contribution in [0.1, 0.15) is 47.5 Å². The van der Waals surface area contributed by atoms with Gasteiger partial charge in [-0.05, 0) is 30.1 Å². The van der Waals surface area contributed by atoms with Crippen LogP contribution in [0, 0.1) is 28.6 Å². The Balaban J connectivity index is 2.37. The van der Waals surface area contributed by atoms with E-state index in [4.69, 9.17) is 0 Å². The monoisotopic (exact) mass is 224 g/mol. The molecule has 92 valence electrons. The number of hydrogen-bond acceptors (Lipinski definition) is 2. The van der Waals surface area contributed by atoms with E-state index in [1.54, 1.807) is 0 Å². The summed E-state index contributed by atoms with van der Waals surface area (Å²) >= 11 is 0. The third-order valence-corrected chi connectivity index (χ3v) is 5.64. The summed E-state index contributed by atoms with van der Waals surface area (Å²) in [5, 5.41) is 10.2. The summed E-state index contributed by atoms with van der Waals surface area (Å²) in [6, 6.07) is 0. The molecule has 0 aromatic heterocycles. The van der Waals surface area contributed by atoms with Gasteiger partial charge in [0.25, 0.3) is 0 Å². The maximum atomic E-state index is 12.5. The zero-order valence-electron chi connectivity index (χ0n) is 11.1. The van der Waals surface area contributed by atoms with Gasteiger partial charge in [-0.2, -0.15) is 0 Å². The second-order valence-electron chi connectivity index (χ2n) is 6.82. The van der Waals surface area contributed by atoms with Crippen molar-refractivity contribution in [3.8, 4) is 0 Å². The predicted molar refractivity (Wildman–Crippen MR) is 64.0 cm³/mol. The van der Waals surface area contributed by atoms with Gasteiger partial charge in [-0.3, -0.25) is 4.79 Å². The molecule has 2 heteroatoms. The van der Waals surface area contributed by atoms with Crippen LogP contribution in [0.4, 0.5) is 0 Å². The lowest BCUT2D eigenvalue weighted by Gasteiger charge is -2.32. The molecule has 2 bridgehead atoms. The van der Waals surface area contributed by atoms with Gasteiger partial charge in [0.15, 0.2) is 0 Å². The second kappa shape index (κ2) is 3.32. The SMILES string of the molecule is CC(C)C(O)C1C(=O)C2(C)CCC1C2(C)C. The van der Waals surface area contributed by atoms with Crippen LogP contribution >= 0.6 is 0 Å². The lowest BCUT2D eigenvalue weighted by molar-refractivity contribution is -0.135. The van der Waals surface area contributed by atoms with Crippen LogP contribution in [-0.2, 0) is 4.79 Å². The van der Waals surface area contributed by atoms with Gasteiger partial charge in [0.2, 0.25) is 0 Å². The highest BCUT2D eigenvalue weighted by molar-refractivity contribution is 5.92. The molecule has 0 heterocycles. The Morgan fingerprint density at radius 2 is 1.88 bits per heavy atom. The maximum Gasteiger partial charge on any atom is 0.145 e. The Morgan fingerprint density at radius 3 is 2.25 bits per heavy atom. The van der Waals surface area contributed by atoms with Gasteiger partial charge >= 0.3 is 0 Å². The molecule has 0 spiro atoms. The van der Waals surface area contributed by atoms with Crippen molar-refractivity contribution in [2.75, 3.05) is 0 Å². The molecule has 2 fully saturated rings. The van der Waals surface area contributed by atoms with Gasteiger partial charge in [-0.25, -0.2) is 0 Å². The van der Waals surface area contributed by atoms with E-state index in [2.05, 4.69) is 20.8 Å². The fraction of sp³-hybridized carbons (Fsp3) is 0.929. The Morgan fingerprint density at radius 1 is 1.31 bits per heavy atom. The topological polar surface area (TPSA) is 37.3 Å². The summed E-state index contributed by atoms with van der Waals surface area (Å²) in [6.07, 6.45) is 1.65. The summed E-state index contributed by atoms with van der Waals surface area (Å²) in [4.78, 5) is 12.5. The number of rotatable bonds is 2. The van der Waals surface area contributed by atoms with E-state index in [-0.39, 0.29) is 22.7 Å². The molecular formula is C14H24O2. The highest BCUT2D eigenvalue weighted by Gasteiger charge is 2.67. The quantitative estimate of drug-likeness (QED) is 0.783. The number of aliphatic hydroxyl groups is 1. The van der Waals surface area contributed by atoms with E-state index in [9.17, 15) is 9.90 Å². The minimum atomic E-state index is -0.459. The number of hydrogen-bond donors (Lipinski definition) is 1. The number of ketones is 1. The van der Waals surface area contributed by atoms with Gasteiger partial charge in [0, 0.05) is 11.3 Å². The Labute approximate surface area is 98.4 Å². The van der Waals surface area contributed by atoms with Crippen molar-refractivity contribution in [3.63, 3.8) is 0 Å². The molecule has 0 aliphatic heterocycles. The molecule has 4 unspecified atom stereocenters. The Hall–Kier alpha value is -0.370. The number of aliphatic hydroxyl groups excluding tert-OH is 1. The molecule has 2 aliphatic rings. The largest absolute Gasteiger partial charge is 0.392 e. The Kier molecular flexibility index (Phi) is 2.51. The molecule has 16 heavy (non-hydrogen) atoms. The average molecular weight is 224 g/mol. The highest BCUT2D eigenvalue weighted by Crippen LogP contribution is 2.66. The molecular weight excluding hydrogens is 200 g/mol. The molecule has 0 amide bonds. The Bertz CT molecular complexity index is 319. The third-order valence-electron chi connectivity index (χ3n) is 5.64. The van der Waals surface area contributed by atoms with E-state index in [1.165, 1.54) is 0 Å².